The Balaban J connectivity index is 2.77. The van der Waals surface area contributed by atoms with Gasteiger partial charge in [0.05, 0.1) is 17.7 Å². The molecule has 1 N–H and O–H groups in total. The summed E-state index contributed by atoms with van der Waals surface area (Å²) in [5.74, 6) is -0.896. The summed E-state index contributed by atoms with van der Waals surface area (Å²) >= 11 is 7.42. The lowest BCUT2D eigenvalue weighted by Crippen LogP contribution is -2.30. The molecule has 17 heavy (non-hydrogen) atoms. The van der Waals surface area contributed by atoms with E-state index in [0.29, 0.717) is 10.6 Å². The maximum Gasteiger partial charge on any atom is 0.325 e. The Labute approximate surface area is 109 Å². The van der Waals surface area contributed by atoms with E-state index in [1.807, 2.05) is 12.3 Å². The number of rotatable bonds is 4. The van der Waals surface area contributed by atoms with Crippen molar-refractivity contribution in [3.63, 3.8) is 0 Å². The van der Waals surface area contributed by atoms with E-state index in [9.17, 15) is 9.59 Å². The summed E-state index contributed by atoms with van der Waals surface area (Å²) in [6.07, 6.45) is 1.90. The van der Waals surface area contributed by atoms with Crippen molar-refractivity contribution in [2.75, 3.05) is 19.9 Å². The van der Waals surface area contributed by atoms with Crippen LogP contribution in [-0.4, -0.2) is 31.8 Å². The second-order valence-electron chi connectivity index (χ2n) is 3.10. The van der Waals surface area contributed by atoms with Gasteiger partial charge in [-0.2, -0.15) is 0 Å². The molecule has 92 valence electrons. The molecular weight excluding hydrogens is 262 g/mol. The van der Waals surface area contributed by atoms with Crippen LogP contribution in [0.4, 0.5) is 0 Å². The molecule has 0 aliphatic carbocycles. The van der Waals surface area contributed by atoms with Crippen molar-refractivity contribution in [2.24, 2.45) is 0 Å². The predicted octanol–water partition coefficient (Wildman–Crippen LogP) is 1.96. The standard InChI is InChI=1S/C11H12ClNO3S/c1-16-10(14)6-13-11(15)8-5-7(17-2)3-4-9(8)12/h3-5H,6H2,1-2H3,(H,13,15). The second kappa shape index (κ2) is 6.51. The minimum absolute atomic E-state index is 0.171. The van der Waals surface area contributed by atoms with Gasteiger partial charge in [-0.15, -0.1) is 11.8 Å². The number of methoxy groups -OCH3 is 1. The molecule has 0 saturated heterocycles. The molecule has 1 aromatic rings. The van der Waals surface area contributed by atoms with Crippen LogP contribution in [0.1, 0.15) is 10.4 Å². The molecule has 0 bridgehead atoms. The zero-order chi connectivity index (χ0) is 12.8. The van der Waals surface area contributed by atoms with E-state index in [1.165, 1.54) is 18.9 Å². The zero-order valence-electron chi connectivity index (χ0n) is 9.45. The fraction of sp³-hybridized carbons (Fsp3) is 0.273. The number of hydrogen-bond donors (Lipinski definition) is 1. The van der Waals surface area contributed by atoms with Gasteiger partial charge in [-0.05, 0) is 24.5 Å². The molecule has 0 spiro atoms. The molecule has 1 amide bonds. The molecule has 0 aliphatic heterocycles. The third-order valence-electron chi connectivity index (χ3n) is 2.04. The van der Waals surface area contributed by atoms with Gasteiger partial charge >= 0.3 is 5.97 Å². The highest BCUT2D eigenvalue weighted by Gasteiger charge is 2.12. The number of carbonyl (C=O) groups excluding carboxylic acids is 2. The lowest BCUT2D eigenvalue weighted by molar-refractivity contribution is -0.139. The molecule has 0 unspecified atom stereocenters. The van der Waals surface area contributed by atoms with E-state index in [2.05, 4.69) is 10.1 Å². The van der Waals surface area contributed by atoms with Crippen LogP contribution in [0.3, 0.4) is 0 Å². The number of thioether (sulfide) groups is 1. The number of halogens is 1. The summed E-state index contributed by atoms with van der Waals surface area (Å²) in [4.78, 5) is 23.6. The lowest BCUT2D eigenvalue weighted by atomic mass is 10.2. The minimum Gasteiger partial charge on any atom is -0.468 e. The van der Waals surface area contributed by atoms with E-state index in [4.69, 9.17) is 11.6 Å². The SMILES string of the molecule is COC(=O)CNC(=O)c1cc(SC)ccc1Cl. The van der Waals surface area contributed by atoms with Gasteiger partial charge in [-0.1, -0.05) is 11.6 Å². The van der Waals surface area contributed by atoms with Crippen molar-refractivity contribution < 1.29 is 14.3 Å². The number of esters is 1. The van der Waals surface area contributed by atoms with Crippen molar-refractivity contribution in [3.8, 4) is 0 Å². The maximum absolute atomic E-state index is 11.7. The van der Waals surface area contributed by atoms with E-state index in [1.54, 1.807) is 12.1 Å². The smallest absolute Gasteiger partial charge is 0.325 e. The van der Waals surface area contributed by atoms with Gasteiger partial charge in [0, 0.05) is 4.90 Å². The van der Waals surface area contributed by atoms with Crippen molar-refractivity contribution in [1.29, 1.82) is 0 Å². The Hall–Kier alpha value is -1.20. The van der Waals surface area contributed by atoms with Gasteiger partial charge in [0.25, 0.3) is 5.91 Å². The first-order valence-electron chi connectivity index (χ1n) is 4.77. The number of benzene rings is 1. The molecule has 4 nitrogen and oxygen atoms in total. The van der Waals surface area contributed by atoms with Gasteiger partial charge in [0.2, 0.25) is 0 Å². The van der Waals surface area contributed by atoms with E-state index in [0.717, 1.165) is 4.90 Å². The van der Waals surface area contributed by atoms with Crippen LogP contribution in [0.25, 0.3) is 0 Å². The summed E-state index contributed by atoms with van der Waals surface area (Å²) in [7, 11) is 1.26. The lowest BCUT2D eigenvalue weighted by Gasteiger charge is -2.07. The number of carbonyl (C=O) groups is 2. The Bertz CT molecular complexity index is 437. The van der Waals surface area contributed by atoms with E-state index in [-0.39, 0.29) is 6.54 Å². The topological polar surface area (TPSA) is 55.4 Å². The van der Waals surface area contributed by atoms with Crippen LogP contribution in [0.2, 0.25) is 5.02 Å². The molecule has 1 aromatic carbocycles. The number of ether oxygens (including phenoxy) is 1. The van der Waals surface area contributed by atoms with Gasteiger partial charge in [-0.25, -0.2) is 0 Å². The largest absolute Gasteiger partial charge is 0.468 e. The molecule has 0 fully saturated rings. The van der Waals surface area contributed by atoms with Gasteiger partial charge < -0.3 is 10.1 Å². The van der Waals surface area contributed by atoms with E-state index < -0.39 is 11.9 Å². The number of hydrogen-bond acceptors (Lipinski definition) is 4. The first-order chi connectivity index (χ1) is 8.08. The van der Waals surface area contributed by atoms with Crippen LogP contribution < -0.4 is 5.32 Å². The highest BCUT2D eigenvalue weighted by atomic mass is 35.5. The molecule has 0 radical (unpaired) electrons. The number of nitrogens with one attached hydrogen (secondary N) is 1. The molecule has 0 saturated carbocycles. The van der Waals surface area contributed by atoms with Crippen LogP contribution in [0.15, 0.2) is 23.1 Å². The van der Waals surface area contributed by atoms with Crippen molar-refractivity contribution in [3.05, 3.63) is 28.8 Å². The van der Waals surface area contributed by atoms with Crippen molar-refractivity contribution in [1.82, 2.24) is 5.32 Å². The summed E-state index contributed by atoms with van der Waals surface area (Å²) in [6, 6.07) is 5.16. The first kappa shape index (κ1) is 13.9. The second-order valence-corrected chi connectivity index (χ2v) is 4.39. The summed E-state index contributed by atoms with van der Waals surface area (Å²) in [6.45, 7) is -0.171. The van der Waals surface area contributed by atoms with Gasteiger partial charge in [-0.3, -0.25) is 9.59 Å². The molecule has 0 aliphatic rings. The van der Waals surface area contributed by atoms with Crippen LogP contribution >= 0.6 is 23.4 Å². The molecule has 0 heterocycles. The number of amides is 1. The fourth-order valence-electron chi connectivity index (χ4n) is 1.13. The zero-order valence-corrected chi connectivity index (χ0v) is 11.0. The Morgan fingerprint density at radius 2 is 2.18 bits per heavy atom. The fourth-order valence-corrected chi connectivity index (χ4v) is 1.77. The molecular formula is C11H12ClNO3S. The van der Waals surface area contributed by atoms with Crippen molar-refractivity contribution >= 4 is 35.2 Å². The quantitative estimate of drug-likeness (QED) is 0.673. The molecule has 6 heteroatoms. The summed E-state index contributed by atoms with van der Waals surface area (Å²) in [5, 5.41) is 2.79. The highest BCUT2D eigenvalue weighted by molar-refractivity contribution is 7.98. The maximum atomic E-state index is 11.7. The Kier molecular flexibility index (Phi) is 5.31. The third-order valence-corrected chi connectivity index (χ3v) is 3.09. The third kappa shape index (κ3) is 3.94. The molecule has 0 aromatic heterocycles. The average Bonchev–Trinajstić information content (AvgIpc) is 2.36. The Morgan fingerprint density at radius 1 is 1.47 bits per heavy atom. The van der Waals surface area contributed by atoms with Gasteiger partial charge in [0.1, 0.15) is 6.54 Å². The molecule has 0 atom stereocenters. The summed E-state index contributed by atoms with van der Waals surface area (Å²) < 4.78 is 4.42. The van der Waals surface area contributed by atoms with Gasteiger partial charge in [0.15, 0.2) is 0 Å². The van der Waals surface area contributed by atoms with Crippen LogP contribution in [0, 0.1) is 0 Å². The minimum atomic E-state index is -0.504. The predicted molar refractivity (Wildman–Crippen MR) is 67.6 cm³/mol. The summed E-state index contributed by atoms with van der Waals surface area (Å²) in [5.41, 5.74) is 0.349. The average molecular weight is 274 g/mol. The van der Waals surface area contributed by atoms with Crippen molar-refractivity contribution in [2.45, 2.75) is 4.90 Å². The highest BCUT2D eigenvalue weighted by Crippen LogP contribution is 2.22. The molecule has 1 rings (SSSR count). The first-order valence-corrected chi connectivity index (χ1v) is 6.37. The monoisotopic (exact) mass is 273 g/mol. The van der Waals surface area contributed by atoms with Crippen LogP contribution in [-0.2, 0) is 9.53 Å². The van der Waals surface area contributed by atoms with E-state index >= 15 is 0 Å². The normalized spacial score (nSPS) is 9.82. The Morgan fingerprint density at radius 3 is 2.76 bits per heavy atom. The van der Waals surface area contributed by atoms with Crippen LogP contribution in [0.5, 0.6) is 0 Å².